The van der Waals surface area contributed by atoms with Crippen molar-refractivity contribution in [3.05, 3.63) is 95.1 Å². The summed E-state index contributed by atoms with van der Waals surface area (Å²) in [5.74, 6) is -0.296. The second-order valence-electron chi connectivity index (χ2n) is 11.1. The van der Waals surface area contributed by atoms with Gasteiger partial charge in [0.15, 0.2) is 0 Å². The summed E-state index contributed by atoms with van der Waals surface area (Å²) in [6.07, 6.45) is 1.62. The Morgan fingerprint density at radius 3 is 2.63 bits per heavy atom. The monoisotopic (exact) mass is 583 g/mol. The molecule has 0 aliphatic carbocycles. The third-order valence-corrected chi connectivity index (χ3v) is 7.56. The van der Waals surface area contributed by atoms with E-state index in [1.54, 1.807) is 25.1 Å². The highest BCUT2D eigenvalue weighted by molar-refractivity contribution is 6.18. The van der Waals surface area contributed by atoms with Gasteiger partial charge >= 0.3 is 12.1 Å². The quantitative estimate of drug-likeness (QED) is 0.271. The van der Waals surface area contributed by atoms with Crippen LogP contribution < -0.4 is 14.8 Å². The number of carbonyl (C=O) groups is 3. The highest BCUT2D eigenvalue weighted by Crippen LogP contribution is 2.41. The van der Waals surface area contributed by atoms with Crippen molar-refractivity contribution in [2.75, 3.05) is 25.1 Å². The molecule has 0 atom stereocenters. The number of nitrogens with zero attached hydrogens (tertiary/aromatic N) is 1. The Morgan fingerprint density at radius 1 is 1.07 bits per heavy atom. The molecule has 3 heterocycles. The Morgan fingerprint density at radius 2 is 1.86 bits per heavy atom. The van der Waals surface area contributed by atoms with Gasteiger partial charge in [-0.2, -0.15) is 0 Å². The molecule has 10 heteroatoms. The molecule has 0 spiro atoms. The molecular weight excluding hydrogens is 553 g/mol. The number of rotatable bonds is 5. The normalized spacial score (nSPS) is 15.1. The number of nitrogens with one attached hydrogen (secondary N) is 2. The standard InChI is InChI=1S/C33H30FN3O6/c1-4-41-31(39)25-17-37(30(38)19-5-7-21(34)8-6-19)18-33(2,3)28-24-11-10-23(16-26(24)36-29(25)28)43-32(40)35-22-9-12-27-20(15-22)13-14-42-27/h5-12,15-17,36H,4,13-14,18H2,1-3H3,(H,35,40). The maximum atomic E-state index is 13.5. The van der Waals surface area contributed by atoms with E-state index in [0.717, 1.165) is 28.7 Å². The van der Waals surface area contributed by atoms with Gasteiger partial charge in [-0.1, -0.05) is 13.8 Å². The zero-order valence-electron chi connectivity index (χ0n) is 24.0. The van der Waals surface area contributed by atoms with E-state index in [1.165, 1.54) is 35.4 Å². The molecule has 0 fully saturated rings. The molecule has 0 bridgehead atoms. The van der Waals surface area contributed by atoms with Gasteiger partial charge in [-0.05, 0) is 72.6 Å². The molecule has 0 saturated carbocycles. The summed E-state index contributed by atoms with van der Waals surface area (Å²) < 4.78 is 30.0. The number of esters is 1. The molecule has 0 unspecified atom stereocenters. The third-order valence-electron chi connectivity index (χ3n) is 7.56. The smallest absolute Gasteiger partial charge is 0.417 e. The van der Waals surface area contributed by atoms with Crippen LogP contribution in [0.2, 0.25) is 0 Å². The lowest BCUT2D eigenvalue weighted by Gasteiger charge is -2.29. The minimum atomic E-state index is -0.645. The molecule has 0 saturated heterocycles. The number of hydrogen-bond donors (Lipinski definition) is 2. The predicted octanol–water partition coefficient (Wildman–Crippen LogP) is 6.19. The molecule has 6 rings (SSSR count). The van der Waals surface area contributed by atoms with Crippen molar-refractivity contribution in [3.63, 3.8) is 0 Å². The van der Waals surface area contributed by atoms with Gasteiger partial charge in [0.05, 0.1) is 24.5 Å². The van der Waals surface area contributed by atoms with Gasteiger partial charge in [-0.15, -0.1) is 0 Å². The molecule has 2 amide bonds. The first-order chi connectivity index (χ1) is 20.6. The van der Waals surface area contributed by atoms with E-state index < -0.39 is 23.3 Å². The number of ether oxygens (including phenoxy) is 3. The van der Waals surface area contributed by atoms with Gasteiger partial charge in [0.1, 0.15) is 17.3 Å². The van der Waals surface area contributed by atoms with Crippen LogP contribution in [0.25, 0.3) is 16.5 Å². The molecule has 1 aromatic heterocycles. The molecular formula is C33H30FN3O6. The Labute approximate surface area is 247 Å². The number of H-pyrrole nitrogens is 1. The molecule has 3 aromatic carbocycles. The number of halogens is 1. The van der Waals surface area contributed by atoms with Crippen molar-refractivity contribution >= 4 is 40.1 Å². The minimum Gasteiger partial charge on any atom is -0.493 e. The SMILES string of the molecule is CCOC(=O)C1=CN(C(=O)c2ccc(F)cc2)CC(C)(C)c2c1[nH]c1cc(OC(=O)Nc3ccc4c(c3)CCO4)ccc21. The van der Waals surface area contributed by atoms with Crippen LogP contribution in [0.1, 0.15) is 48.0 Å². The number of hydrogen-bond acceptors (Lipinski definition) is 6. The third kappa shape index (κ3) is 5.43. The van der Waals surface area contributed by atoms with Crippen molar-refractivity contribution < 1.29 is 33.0 Å². The first-order valence-electron chi connectivity index (χ1n) is 14.0. The Kier molecular flexibility index (Phi) is 7.13. The lowest BCUT2D eigenvalue weighted by atomic mass is 9.81. The molecule has 0 radical (unpaired) electrons. The van der Waals surface area contributed by atoms with E-state index in [4.69, 9.17) is 14.2 Å². The van der Waals surface area contributed by atoms with Crippen LogP contribution in [-0.4, -0.2) is 47.6 Å². The van der Waals surface area contributed by atoms with Gasteiger partial charge in [0.2, 0.25) is 0 Å². The first-order valence-corrected chi connectivity index (χ1v) is 14.0. The van der Waals surface area contributed by atoms with Crippen LogP contribution in [0.15, 0.2) is 66.9 Å². The molecule has 9 nitrogen and oxygen atoms in total. The fraction of sp³-hybridized carbons (Fsp3) is 0.242. The van der Waals surface area contributed by atoms with E-state index in [-0.39, 0.29) is 24.6 Å². The van der Waals surface area contributed by atoms with Gasteiger partial charge < -0.3 is 24.1 Å². The summed E-state index contributed by atoms with van der Waals surface area (Å²) >= 11 is 0. The highest BCUT2D eigenvalue weighted by Gasteiger charge is 2.37. The number of aromatic nitrogens is 1. The summed E-state index contributed by atoms with van der Waals surface area (Å²) in [6.45, 7) is 6.66. The molecule has 2 N–H and O–H groups in total. The van der Waals surface area contributed by atoms with Crippen molar-refractivity contribution in [2.45, 2.75) is 32.6 Å². The molecule has 43 heavy (non-hydrogen) atoms. The average Bonchev–Trinajstić information content (AvgIpc) is 3.57. The number of benzene rings is 3. The number of fused-ring (bicyclic) bond motifs is 4. The second-order valence-corrected chi connectivity index (χ2v) is 11.1. The Bertz CT molecular complexity index is 1790. The average molecular weight is 584 g/mol. The fourth-order valence-corrected chi connectivity index (χ4v) is 5.68. The molecule has 4 aromatic rings. The van der Waals surface area contributed by atoms with E-state index in [1.807, 2.05) is 32.0 Å². The van der Waals surface area contributed by atoms with Gasteiger partial charge in [-0.25, -0.2) is 14.0 Å². The number of anilines is 1. The van der Waals surface area contributed by atoms with E-state index in [2.05, 4.69) is 10.3 Å². The topological polar surface area (TPSA) is 110 Å². The Balaban J connectivity index is 1.33. The summed E-state index contributed by atoms with van der Waals surface area (Å²) in [7, 11) is 0. The van der Waals surface area contributed by atoms with Crippen molar-refractivity contribution in [1.82, 2.24) is 9.88 Å². The first kappa shape index (κ1) is 28.0. The van der Waals surface area contributed by atoms with Crippen molar-refractivity contribution in [2.24, 2.45) is 0 Å². The summed E-state index contributed by atoms with van der Waals surface area (Å²) in [4.78, 5) is 44.2. The number of amides is 2. The van der Waals surface area contributed by atoms with Crippen molar-refractivity contribution in [3.8, 4) is 11.5 Å². The van der Waals surface area contributed by atoms with Crippen LogP contribution in [0.4, 0.5) is 14.9 Å². The zero-order chi connectivity index (χ0) is 30.3. The zero-order valence-corrected chi connectivity index (χ0v) is 24.0. The van der Waals surface area contributed by atoms with E-state index in [9.17, 15) is 18.8 Å². The number of carbonyl (C=O) groups excluding carboxylic acids is 3. The summed E-state index contributed by atoms with van der Waals surface area (Å²) in [5, 5.41) is 3.55. The second kappa shape index (κ2) is 10.9. The number of aromatic amines is 1. The maximum absolute atomic E-state index is 13.5. The van der Waals surface area contributed by atoms with E-state index in [0.29, 0.717) is 34.8 Å². The van der Waals surface area contributed by atoms with Crippen LogP contribution in [0.3, 0.4) is 0 Å². The fourth-order valence-electron chi connectivity index (χ4n) is 5.68. The van der Waals surface area contributed by atoms with Crippen LogP contribution in [0.5, 0.6) is 11.5 Å². The van der Waals surface area contributed by atoms with Crippen LogP contribution in [0, 0.1) is 5.82 Å². The lowest BCUT2D eigenvalue weighted by molar-refractivity contribution is -0.136. The molecule has 2 aliphatic heterocycles. The lowest BCUT2D eigenvalue weighted by Crippen LogP contribution is -2.36. The molecule has 2 aliphatic rings. The van der Waals surface area contributed by atoms with Gasteiger partial charge in [0, 0.05) is 52.8 Å². The maximum Gasteiger partial charge on any atom is 0.417 e. The summed E-state index contributed by atoms with van der Waals surface area (Å²) in [5.41, 5.74) is 3.43. The molecule has 220 valence electrons. The highest BCUT2D eigenvalue weighted by atomic mass is 19.1. The van der Waals surface area contributed by atoms with E-state index >= 15 is 0 Å². The van der Waals surface area contributed by atoms with Gasteiger partial charge in [-0.3, -0.25) is 10.1 Å². The van der Waals surface area contributed by atoms with Crippen LogP contribution in [-0.2, 0) is 21.4 Å². The van der Waals surface area contributed by atoms with Crippen LogP contribution >= 0.6 is 0 Å². The predicted molar refractivity (Wildman–Crippen MR) is 159 cm³/mol. The summed E-state index contributed by atoms with van der Waals surface area (Å²) in [6, 6.07) is 15.9. The minimum absolute atomic E-state index is 0.144. The van der Waals surface area contributed by atoms with Crippen molar-refractivity contribution in [1.29, 1.82) is 0 Å². The Hall–Kier alpha value is -5.12. The van der Waals surface area contributed by atoms with Gasteiger partial charge in [0.25, 0.3) is 5.91 Å². The largest absolute Gasteiger partial charge is 0.493 e.